The molecule has 0 amide bonds. The first-order valence-electron chi connectivity index (χ1n) is 7.52. The fraction of sp³-hybridized carbons (Fsp3) is 0.316. The van der Waals surface area contributed by atoms with Gasteiger partial charge in [0.25, 0.3) is 0 Å². The molecule has 0 aromatic heterocycles. The summed E-state index contributed by atoms with van der Waals surface area (Å²) in [6.45, 7) is 0.853. The lowest BCUT2D eigenvalue weighted by molar-refractivity contribution is -0.118. The molecule has 1 saturated carbocycles. The van der Waals surface area contributed by atoms with Gasteiger partial charge in [0.1, 0.15) is 0 Å². The van der Waals surface area contributed by atoms with Crippen LogP contribution in [0.1, 0.15) is 18.4 Å². The van der Waals surface area contributed by atoms with Crippen molar-refractivity contribution in [2.24, 2.45) is 5.92 Å². The van der Waals surface area contributed by atoms with Crippen molar-refractivity contribution in [2.45, 2.75) is 12.8 Å². The Kier molecular flexibility index (Phi) is 3.89. The average Bonchev–Trinajstić information content (AvgIpc) is 2.80. The van der Waals surface area contributed by atoms with E-state index in [1.807, 2.05) is 20.2 Å². The molecule has 0 heterocycles. The third kappa shape index (κ3) is 2.91. The first kappa shape index (κ1) is 14.0. The number of carbonyl (C=O) groups excluding carboxylic acids is 1. The highest BCUT2D eigenvalue weighted by Crippen LogP contribution is 2.30. The van der Waals surface area contributed by atoms with Gasteiger partial charge in [-0.15, -0.1) is 0 Å². The maximum atomic E-state index is 12.5. The Morgan fingerprint density at radius 1 is 1.14 bits per heavy atom. The highest BCUT2D eigenvalue weighted by atomic mass is 16.1. The summed E-state index contributed by atoms with van der Waals surface area (Å²) >= 11 is 0. The summed E-state index contributed by atoms with van der Waals surface area (Å²) in [6, 6.07) is 14.6. The lowest BCUT2D eigenvalue weighted by atomic mass is 10.0. The molecule has 0 saturated heterocycles. The van der Waals surface area contributed by atoms with E-state index in [1.54, 1.807) is 0 Å². The molecule has 108 valence electrons. The molecule has 1 fully saturated rings. The monoisotopic (exact) mass is 279 g/mol. The zero-order valence-corrected chi connectivity index (χ0v) is 12.7. The molecule has 1 aliphatic carbocycles. The van der Waals surface area contributed by atoms with Crippen LogP contribution in [0.3, 0.4) is 0 Å². The third-order valence-corrected chi connectivity index (χ3v) is 4.19. The summed E-state index contributed by atoms with van der Waals surface area (Å²) in [5.74, 6) is 0.498. The molecule has 0 N–H and O–H groups in total. The Hall–Kier alpha value is -1.93. The topological polar surface area (TPSA) is 20.3 Å². The molecule has 2 nitrogen and oxygen atoms in total. The van der Waals surface area contributed by atoms with E-state index in [1.165, 1.54) is 10.8 Å². The van der Waals surface area contributed by atoms with Crippen LogP contribution in [0.2, 0.25) is 0 Å². The number of nitrogens with zero attached hydrogens (tertiary/aromatic N) is 1. The fourth-order valence-corrected chi connectivity index (χ4v) is 3.17. The van der Waals surface area contributed by atoms with Crippen LogP contribution in [0.5, 0.6) is 0 Å². The van der Waals surface area contributed by atoms with E-state index >= 15 is 0 Å². The van der Waals surface area contributed by atoms with Gasteiger partial charge < -0.3 is 4.90 Å². The van der Waals surface area contributed by atoms with Crippen LogP contribution >= 0.6 is 0 Å². The number of carbonyl (C=O) groups is 1. The molecule has 3 rings (SSSR count). The number of ketones is 1. The molecule has 1 unspecified atom stereocenters. The van der Waals surface area contributed by atoms with E-state index in [9.17, 15) is 4.79 Å². The largest absolute Gasteiger partial charge is 0.309 e. The summed E-state index contributed by atoms with van der Waals surface area (Å²) in [6.07, 6.45) is 3.98. The predicted octanol–water partition coefficient (Wildman–Crippen LogP) is 3.76. The van der Waals surface area contributed by atoms with Crippen molar-refractivity contribution in [2.75, 3.05) is 20.6 Å². The summed E-state index contributed by atoms with van der Waals surface area (Å²) in [5.41, 5.74) is 2.14. The van der Waals surface area contributed by atoms with Crippen LogP contribution in [0.15, 0.2) is 48.0 Å². The Morgan fingerprint density at radius 3 is 2.71 bits per heavy atom. The second-order valence-corrected chi connectivity index (χ2v) is 6.10. The van der Waals surface area contributed by atoms with E-state index in [0.717, 1.165) is 30.5 Å². The van der Waals surface area contributed by atoms with E-state index < -0.39 is 0 Å². The Morgan fingerprint density at radius 2 is 1.90 bits per heavy atom. The molecule has 21 heavy (non-hydrogen) atoms. The Bertz CT molecular complexity index is 694. The molecule has 0 aliphatic heterocycles. The van der Waals surface area contributed by atoms with E-state index in [0.29, 0.717) is 5.78 Å². The van der Waals surface area contributed by atoms with Crippen molar-refractivity contribution in [1.29, 1.82) is 0 Å². The second kappa shape index (κ2) is 5.82. The smallest absolute Gasteiger partial charge is 0.163 e. The van der Waals surface area contributed by atoms with E-state index in [-0.39, 0.29) is 5.92 Å². The second-order valence-electron chi connectivity index (χ2n) is 6.10. The molecule has 2 aromatic carbocycles. The minimum Gasteiger partial charge on any atom is -0.309 e. The minimum atomic E-state index is 0.168. The van der Waals surface area contributed by atoms with Gasteiger partial charge in [0.2, 0.25) is 0 Å². The van der Waals surface area contributed by atoms with Crippen molar-refractivity contribution in [3.63, 3.8) is 0 Å². The Labute approximate surface area is 126 Å². The number of allylic oxidation sites excluding steroid dienone is 1. The first-order chi connectivity index (χ1) is 10.1. The van der Waals surface area contributed by atoms with Crippen molar-refractivity contribution in [3.05, 3.63) is 53.6 Å². The molecule has 1 aliphatic rings. The summed E-state index contributed by atoms with van der Waals surface area (Å²) in [5, 5.41) is 2.44. The van der Waals surface area contributed by atoms with Gasteiger partial charge in [0.05, 0.1) is 0 Å². The quantitative estimate of drug-likeness (QED) is 0.797. The number of Topliss-reactive ketones (excluding diaryl/α,β-unsaturated/α-hetero) is 1. The third-order valence-electron chi connectivity index (χ3n) is 4.19. The van der Waals surface area contributed by atoms with Gasteiger partial charge in [-0.2, -0.15) is 0 Å². The molecule has 2 heteroatoms. The van der Waals surface area contributed by atoms with Crippen molar-refractivity contribution in [3.8, 4) is 0 Å². The van der Waals surface area contributed by atoms with Crippen LogP contribution < -0.4 is 0 Å². The normalized spacial score (nSPS) is 20.8. The molecule has 0 spiro atoms. The lowest BCUT2D eigenvalue weighted by Crippen LogP contribution is -2.24. The van der Waals surface area contributed by atoms with E-state index in [4.69, 9.17) is 0 Å². The zero-order valence-electron chi connectivity index (χ0n) is 12.7. The number of rotatable bonds is 3. The summed E-state index contributed by atoms with van der Waals surface area (Å²) in [4.78, 5) is 14.6. The van der Waals surface area contributed by atoms with E-state index in [2.05, 4.69) is 47.4 Å². The highest BCUT2D eigenvalue weighted by molar-refractivity contribution is 6.05. The van der Waals surface area contributed by atoms with Gasteiger partial charge >= 0.3 is 0 Å². The van der Waals surface area contributed by atoms with Crippen LogP contribution in [-0.4, -0.2) is 31.3 Å². The number of hydrogen-bond donors (Lipinski definition) is 0. The summed E-state index contributed by atoms with van der Waals surface area (Å²) < 4.78 is 0. The maximum Gasteiger partial charge on any atom is 0.163 e. The highest BCUT2D eigenvalue weighted by Gasteiger charge is 2.29. The SMILES string of the molecule is CN(C)CC1CC/C(=C\c2cccc3ccccc23)C1=O. The van der Waals surface area contributed by atoms with Gasteiger partial charge in [-0.05, 0) is 54.9 Å². The molecule has 1 atom stereocenters. The van der Waals surface area contributed by atoms with Crippen LogP contribution in [0.25, 0.3) is 16.8 Å². The van der Waals surface area contributed by atoms with Crippen LogP contribution in [0.4, 0.5) is 0 Å². The maximum absolute atomic E-state index is 12.5. The zero-order chi connectivity index (χ0) is 14.8. The molecular formula is C19H21NO. The minimum absolute atomic E-state index is 0.168. The van der Waals surface area contributed by atoms with Gasteiger partial charge in [-0.1, -0.05) is 42.5 Å². The predicted molar refractivity (Wildman–Crippen MR) is 88.2 cm³/mol. The number of benzene rings is 2. The molecule has 2 aromatic rings. The van der Waals surface area contributed by atoms with Gasteiger partial charge in [-0.3, -0.25) is 4.79 Å². The van der Waals surface area contributed by atoms with Gasteiger partial charge in [0.15, 0.2) is 5.78 Å². The standard InChI is InChI=1S/C19H21NO/c1-20(2)13-17-11-10-16(19(17)21)12-15-8-5-7-14-6-3-4-9-18(14)15/h3-9,12,17H,10-11,13H2,1-2H3/b16-12+. The van der Waals surface area contributed by atoms with Gasteiger partial charge in [-0.25, -0.2) is 0 Å². The fourth-order valence-electron chi connectivity index (χ4n) is 3.17. The van der Waals surface area contributed by atoms with Crippen molar-refractivity contribution >= 4 is 22.6 Å². The Balaban J connectivity index is 1.93. The van der Waals surface area contributed by atoms with Crippen LogP contribution in [0, 0.1) is 5.92 Å². The van der Waals surface area contributed by atoms with Crippen molar-refractivity contribution < 1.29 is 4.79 Å². The first-order valence-corrected chi connectivity index (χ1v) is 7.52. The van der Waals surface area contributed by atoms with Gasteiger partial charge in [0, 0.05) is 12.5 Å². The molecule has 0 bridgehead atoms. The number of hydrogen-bond acceptors (Lipinski definition) is 2. The summed E-state index contributed by atoms with van der Waals surface area (Å²) in [7, 11) is 4.05. The van der Waals surface area contributed by atoms with Crippen LogP contribution in [-0.2, 0) is 4.79 Å². The lowest BCUT2D eigenvalue weighted by Gasteiger charge is -2.13. The van der Waals surface area contributed by atoms with Crippen molar-refractivity contribution in [1.82, 2.24) is 4.90 Å². The molecule has 0 radical (unpaired) electrons. The number of fused-ring (bicyclic) bond motifs is 1. The average molecular weight is 279 g/mol. The molecular weight excluding hydrogens is 258 g/mol.